The molecule has 2 heterocycles. The molecule has 5 rings (SSSR count). The first-order valence-electron chi connectivity index (χ1n) is 8.90. The van der Waals surface area contributed by atoms with Gasteiger partial charge in [0.15, 0.2) is 0 Å². The Labute approximate surface area is 156 Å². The van der Waals surface area contributed by atoms with Crippen molar-refractivity contribution in [2.24, 2.45) is 0 Å². The lowest BCUT2D eigenvalue weighted by Gasteiger charge is -2.13. The minimum absolute atomic E-state index is 1.08. The van der Waals surface area contributed by atoms with E-state index in [0.717, 1.165) is 5.69 Å². The monoisotopic (exact) mass is 353 g/mol. The van der Waals surface area contributed by atoms with Crippen LogP contribution in [-0.2, 0) is 0 Å². The second-order valence-corrected chi connectivity index (χ2v) is 8.27. The maximum absolute atomic E-state index is 4.72. The van der Waals surface area contributed by atoms with Gasteiger partial charge in [0.25, 0.3) is 0 Å². The molecule has 0 saturated heterocycles. The van der Waals surface area contributed by atoms with E-state index in [0.29, 0.717) is 0 Å². The van der Waals surface area contributed by atoms with E-state index in [2.05, 4.69) is 75.4 Å². The van der Waals surface area contributed by atoms with E-state index in [1.807, 2.05) is 17.5 Å². The van der Waals surface area contributed by atoms with Gasteiger partial charge >= 0.3 is 0 Å². The van der Waals surface area contributed by atoms with E-state index in [1.165, 1.54) is 53.2 Å². The second kappa shape index (κ2) is 5.65. The standard InChI is InChI=1S/C24H19NS/c1-14-12-22-23(26-14)10-11-25-24(22)17-8-9-20-19-7-5-4-6-18(19)15(2)16(3)21(20)13-17/h4-13H,1-3H3. The molecule has 0 aliphatic heterocycles. The van der Waals surface area contributed by atoms with Crippen LogP contribution in [0.15, 0.2) is 60.8 Å². The van der Waals surface area contributed by atoms with E-state index in [-0.39, 0.29) is 0 Å². The summed E-state index contributed by atoms with van der Waals surface area (Å²) < 4.78 is 1.30. The summed E-state index contributed by atoms with van der Waals surface area (Å²) >= 11 is 1.83. The van der Waals surface area contributed by atoms with Crippen molar-refractivity contribution in [3.05, 3.63) is 76.8 Å². The SMILES string of the molecule is Cc1cc2c(-c3ccc4c(c3)c(C)c(C)c3ccccc34)nccc2s1. The van der Waals surface area contributed by atoms with E-state index in [9.17, 15) is 0 Å². The van der Waals surface area contributed by atoms with Gasteiger partial charge in [-0.2, -0.15) is 0 Å². The van der Waals surface area contributed by atoms with Crippen molar-refractivity contribution in [3.8, 4) is 11.3 Å². The zero-order valence-corrected chi connectivity index (χ0v) is 15.9. The number of benzene rings is 3. The van der Waals surface area contributed by atoms with Crippen LogP contribution in [-0.4, -0.2) is 4.98 Å². The summed E-state index contributed by atoms with van der Waals surface area (Å²) in [5, 5.41) is 6.57. The summed E-state index contributed by atoms with van der Waals surface area (Å²) in [6, 6.07) is 19.9. The second-order valence-electron chi connectivity index (χ2n) is 6.98. The smallest absolute Gasteiger partial charge is 0.0789 e. The number of thiophene rings is 1. The number of hydrogen-bond donors (Lipinski definition) is 0. The first-order chi connectivity index (χ1) is 12.6. The van der Waals surface area contributed by atoms with Crippen LogP contribution in [0.1, 0.15) is 16.0 Å². The van der Waals surface area contributed by atoms with Crippen molar-refractivity contribution >= 4 is 43.0 Å². The predicted molar refractivity (Wildman–Crippen MR) is 114 cm³/mol. The van der Waals surface area contributed by atoms with Crippen LogP contribution in [0.2, 0.25) is 0 Å². The van der Waals surface area contributed by atoms with Crippen molar-refractivity contribution < 1.29 is 0 Å². The summed E-state index contributed by atoms with van der Waals surface area (Å²) in [5.41, 5.74) is 5.00. The zero-order chi connectivity index (χ0) is 17.8. The lowest BCUT2D eigenvalue weighted by atomic mass is 9.91. The van der Waals surface area contributed by atoms with Crippen LogP contribution < -0.4 is 0 Å². The summed E-state index contributed by atoms with van der Waals surface area (Å²) in [6.45, 7) is 6.62. The van der Waals surface area contributed by atoms with Gasteiger partial charge in [0.2, 0.25) is 0 Å². The fourth-order valence-corrected chi connectivity index (χ4v) is 4.92. The van der Waals surface area contributed by atoms with Crippen molar-refractivity contribution in [2.45, 2.75) is 20.8 Å². The molecule has 0 N–H and O–H groups in total. The number of aryl methyl sites for hydroxylation is 3. The highest BCUT2D eigenvalue weighted by Crippen LogP contribution is 2.37. The lowest BCUT2D eigenvalue weighted by molar-refractivity contribution is 1.36. The van der Waals surface area contributed by atoms with Gasteiger partial charge in [-0.25, -0.2) is 0 Å². The molecule has 126 valence electrons. The first kappa shape index (κ1) is 15.5. The summed E-state index contributed by atoms with van der Waals surface area (Å²) in [6.07, 6.45) is 1.93. The van der Waals surface area contributed by atoms with Gasteiger partial charge < -0.3 is 0 Å². The highest BCUT2D eigenvalue weighted by Gasteiger charge is 2.12. The Morgan fingerprint density at radius 2 is 1.42 bits per heavy atom. The van der Waals surface area contributed by atoms with Gasteiger partial charge in [-0.1, -0.05) is 36.4 Å². The van der Waals surface area contributed by atoms with Crippen molar-refractivity contribution in [3.63, 3.8) is 0 Å². The summed E-state index contributed by atoms with van der Waals surface area (Å²) in [5.74, 6) is 0. The number of aromatic nitrogens is 1. The van der Waals surface area contributed by atoms with Crippen LogP contribution in [0.5, 0.6) is 0 Å². The highest BCUT2D eigenvalue weighted by molar-refractivity contribution is 7.19. The molecule has 0 aliphatic carbocycles. The quantitative estimate of drug-likeness (QED) is 0.290. The Balaban J connectivity index is 1.86. The number of fused-ring (bicyclic) bond motifs is 4. The largest absolute Gasteiger partial charge is 0.256 e. The number of hydrogen-bond acceptors (Lipinski definition) is 2. The third-order valence-corrected chi connectivity index (χ3v) is 6.47. The minimum Gasteiger partial charge on any atom is -0.256 e. The number of pyridine rings is 1. The normalized spacial score (nSPS) is 11.7. The molecule has 0 radical (unpaired) electrons. The van der Waals surface area contributed by atoms with Crippen molar-refractivity contribution in [1.29, 1.82) is 0 Å². The topological polar surface area (TPSA) is 12.9 Å². The van der Waals surface area contributed by atoms with Gasteiger partial charge in [-0.15, -0.1) is 11.3 Å². The Hall–Kier alpha value is -2.71. The molecule has 0 saturated carbocycles. The summed E-state index contributed by atoms with van der Waals surface area (Å²) in [4.78, 5) is 6.05. The fourth-order valence-electron chi connectivity index (χ4n) is 4.01. The molecule has 0 aliphatic rings. The van der Waals surface area contributed by atoms with Crippen LogP contribution in [0.4, 0.5) is 0 Å². The van der Waals surface area contributed by atoms with Gasteiger partial charge in [0.05, 0.1) is 5.69 Å². The van der Waals surface area contributed by atoms with Crippen LogP contribution in [0.25, 0.3) is 42.9 Å². The van der Waals surface area contributed by atoms with Gasteiger partial charge in [-0.05, 0) is 71.6 Å². The molecule has 1 nitrogen and oxygen atoms in total. The molecule has 5 aromatic rings. The molecule has 0 amide bonds. The summed E-state index contributed by atoms with van der Waals surface area (Å²) in [7, 11) is 0. The fraction of sp³-hybridized carbons (Fsp3) is 0.125. The third-order valence-electron chi connectivity index (χ3n) is 5.45. The van der Waals surface area contributed by atoms with E-state index in [4.69, 9.17) is 4.98 Å². The predicted octanol–water partition coefficient (Wildman–Crippen LogP) is 7.19. The van der Waals surface area contributed by atoms with E-state index >= 15 is 0 Å². The molecule has 2 aromatic heterocycles. The van der Waals surface area contributed by atoms with Crippen molar-refractivity contribution in [1.82, 2.24) is 4.98 Å². The average molecular weight is 353 g/mol. The van der Waals surface area contributed by atoms with Crippen LogP contribution in [0.3, 0.4) is 0 Å². The minimum atomic E-state index is 1.08. The number of nitrogens with zero attached hydrogens (tertiary/aromatic N) is 1. The third kappa shape index (κ3) is 2.19. The van der Waals surface area contributed by atoms with Crippen LogP contribution in [0, 0.1) is 20.8 Å². The lowest BCUT2D eigenvalue weighted by Crippen LogP contribution is -1.90. The van der Waals surface area contributed by atoms with Crippen LogP contribution >= 0.6 is 11.3 Å². The van der Waals surface area contributed by atoms with Crippen molar-refractivity contribution in [2.75, 3.05) is 0 Å². The van der Waals surface area contributed by atoms with Gasteiger partial charge in [0.1, 0.15) is 0 Å². The number of rotatable bonds is 1. The van der Waals surface area contributed by atoms with Gasteiger partial charge in [0, 0.05) is 26.7 Å². The molecule has 0 fully saturated rings. The Morgan fingerprint density at radius 1 is 0.692 bits per heavy atom. The molecule has 0 unspecified atom stereocenters. The zero-order valence-electron chi connectivity index (χ0n) is 15.1. The maximum atomic E-state index is 4.72. The molecule has 0 atom stereocenters. The van der Waals surface area contributed by atoms with E-state index in [1.54, 1.807) is 0 Å². The Kier molecular flexibility index (Phi) is 3.38. The molecular weight excluding hydrogens is 334 g/mol. The molecule has 0 bridgehead atoms. The Morgan fingerprint density at radius 3 is 2.27 bits per heavy atom. The molecular formula is C24H19NS. The molecule has 2 heteroatoms. The first-order valence-corrected chi connectivity index (χ1v) is 9.72. The molecule has 26 heavy (non-hydrogen) atoms. The maximum Gasteiger partial charge on any atom is 0.0789 e. The van der Waals surface area contributed by atoms with Gasteiger partial charge in [-0.3, -0.25) is 4.98 Å². The average Bonchev–Trinajstić information content (AvgIpc) is 3.06. The Bertz CT molecular complexity index is 1310. The highest BCUT2D eigenvalue weighted by atomic mass is 32.1. The molecule has 3 aromatic carbocycles. The molecule has 0 spiro atoms. The van der Waals surface area contributed by atoms with E-state index < -0.39 is 0 Å².